The molecule has 0 aliphatic heterocycles. The summed E-state index contributed by atoms with van der Waals surface area (Å²) in [4.78, 5) is 7.72. The van der Waals surface area contributed by atoms with Crippen LogP contribution in [0.5, 0.6) is 28.9 Å². The third-order valence-corrected chi connectivity index (χ3v) is 2.64. The molecule has 20 heavy (non-hydrogen) atoms. The van der Waals surface area contributed by atoms with Gasteiger partial charge in [0.2, 0.25) is 16.9 Å². The Morgan fingerprint density at radius 2 is 1.65 bits per heavy atom. The van der Waals surface area contributed by atoms with Crippen LogP contribution in [0.25, 0.3) is 0 Å². The molecule has 0 bridgehead atoms. The molecule has 2 rings (SSSR count). The van der Waals surface area contributed by atoms with E-state index in [0.717, 1.165) is 0 Å². The maximum absolute atomic E-state index is 5.70. The van der Waals surface area contributed by atoms with Crippen LogP contribution in [0.1, 0.15) is 0 Å². The van der Waals surface area contributed by atoms with E-state index in [1.54, 1.807) is 18.2 Å². The van der Waals surface area contributed by atoms with Gasteiger partial charge in [-0.05, 0) is 11.6 Å². The molecule has 0 atom stereocenters. The second-order valence-corrected chi connectivity index (χ2v) is 3.97. The van der Waals surface area contributed by atoms with Gasteiger partial charge in [0.25, 0.3) is 0 Å². The average molecular weight is 297 g/mol. The first-order chi connectivity index (χ1) is 9.67. The molecule has 1 aromatic heterocycles. The molecule has 2 aromatic rings. The highest BCUT2D eigenvalue weighted by molar-refractivity contribution is 6.28. The first-order valence-corrected chi connectivity index (χ1v) is 6.02. The number of methoxy groups -OCH3 is 3. The minimum absolute atomic E-state index is 0.106. The molecular formula is C13H13ClN2O4. The molecule has 7 heteroatoms. The smallest absolute Gasteiger partial charge is 0.225 e. The maximum atomic E-state index is 5.70. The normalized spacial score (nSPS) is 10.0. The topological polar surface area (TPSA) is 62.7 Å². The third kappa shape index (κ3) is 3.03. The lowest BCUT2D eigenvalue weighted by Gasteiger charge is -2.14. The average Bonchev–Trinajstić information content (AvgIpc) is 2.46. The van der Waals surface area contributed by atoms with E-state index < -0.39 is 0 Å². The van der Waals surface area contributed by atoms with Gasteiger partial charge in [-0.25, -0.2) is 4.98 Å². The molecule has 1 aromatic carbocycles. The highest BCUT2D eigenvalue weighted by atomic mass is 35.5. The van der Waals surface area contributed by atoms with Crippen molar-refractivity contribution in [3.63, 3.8) is 0 Å². The number of nitrogens with zero attached hydrogens (tertiary/aromatic N) is 2. The fourth-order valence-electron chi connectivity index (χ4n) is 1.61. The third-order valence-electron chi connectivity index (χ3n) is 2.46. The number of ether oxygens (including phenoxy) is 4. The predicted octanol–water partition coefficient (Wildman–Crippen LogP) is 2.95. The first-order valence-electron chi connectivity index (χ1n) is 5.64. The number of aromatic nitrogens is 2. The molecule has 0 amide bonds. The van der Waals surface area contributed by atoms with Crippen LogP contribution >= 0.6 is 11.6 Å². The van der Waals surface area contributed by atoms with Gasteiger partial charge in [-0.2, -0.15) is 4.98 Å². The van der Waals surface area contributed by atoms with Gasteiger partial charge < -0.3 is 18.9 Å². The Kier molecular flexibility index (Phi) is 4.47. The fraction of sp³-hybridized carbons (Fsp3) is 0.231. The van der Waals surface area contributed by atoms with E-state index in [-0.39, 0.29) is 5.28 Å². The Morgan fingerprint density at radius 3 is 2.15 bits per heavy atom. The minimum Gasteiger partial charge on any atom is -0.493 e. The number of benzene rings is 1. The standard InChI is InChI=1S/C13H13ClN2O4/c1-17-9-6-8(7-10(18-2)12(9)19-3)20-11-4-5-15-13(14)16-11/h4-7H,1-3H3. The summed E-state index contributed by atoms with van der Waals surface area (Å²) in [5.41, 5.74) is 0. The van der Waals surface area contributed by atoms with E-state index in [0.29, 0.717) is 28.9 Å². The molecule has 0 saturated carbocycles. The van der Waals surface area contributed by atoms with Crippen LogP contribution in [0, 0.1) is 0 Å². The summed E-state index contributed by atoms with van der Waals surface area (Å²) in [6.45, 7) is 0. The van der Waals surface area contributed by atoms with Crippen molar-refractivity contribution in [3.8, 4) is 28.9 Å². The van der Waals surface area contributed by atoms with Gasteiger partial charge in [-0.15, -0.1) is 0 Å². The molecular weight excluding hydrogens is 284 g/mol. The molecule has 1 heterocycles. The second-order valence-electron chi connectivity index (χ2n) is 3.63. The summed E-state index contributed by atoms with van der Waals surface area (Å²) in [5.74, 6) is 2.26. The Bertz CT molecular complexity index is 582. The van der Waals surface area contributed by atoms with Crippen LogP contribution in [0.15, 0.2) is 24.4 Å². The van der Waals surface area contributed by atoms with Crippen LogP contribution < -0.4 is 18.9 Å². The molecule has 106 valence electrons. The molecule has 6 nitrogen and oxygen atoms in total. The number of rotatable bonds is 5. The predicted molar refractivity (Wildman–Crippen MR) is 73.2 cm³/mol. The van der Waals surface area contributed by atoms with Crippen molar-refractivity contribution >= 4 is 11.6 Å². The summed E-state index contributed by atoms with van der Waals surface area (Å²) in [5, 5.41) is 0.106. The Morgan fingerprint density at radius 1 is 1.00 bits per heavy atom. The van der Waals surface area contributed by atoms with Gasteiger partial charge >= 0.3 is 0 Å². The largest absolute Gasteiger partial charge is 0.493 e. The highest BCUT2D eigenvalue weighted by Gasteiger charge is 2.14. The SMILES string of the molecule is COc1cc(Oc2ccnc(Cl)n2)cc(OC)c1OC. The van der Waals surface area contributed by atoms with E-state index in [4.69, 9.17) is 30.5 Å². The van der Waals surface area contributed by atoms with Crippen LogP contribution in [-0.2, 0) is 0 Å². The van der Waals surface area contributed by atoms with E-state index in [1.165, 1.54) is 27.5 Å². The van der Waals surface area contributed by atoms with Gasteiger partial charge in [-0.3, -0.25) is 0 Å². The zero-order valence-electron chi connectivity index (χ0n) is 11.2. The van der Waals surface area contributed by atoms with Crippen molar-refractivity contribution in [2.75, 3.05) is 21.3 Å². The monoisotopic (exact) mass is 296 g/mol. The summed E-state index contributed by atoms with van der Waals surface area (Å²) in [6.07, 6.45) is 1.50. The summed E-state index contributed by atoms with van der Waals surface area (Å²) in [6, 6.07) is 4.92. The summed E-state index contributed by atoms with van der Waals surface area (Å²) >= 11 is 5.70. The van der Waals surface area contributed by atoms with Crippen LogP contribution in [0.2, 0.25) is 5.28 Å². The van der Waals surface area contributed by atoms with Crippen molar-refractivity contribution in [1.82, 2.24) is 9.97 Å². The minimum atomic E-state index is 0.106. The van der Waals surface area contributed by atoms with Crippen molar-refractivity contribution in [3.05, 3.63) is 29.7 Å². The zero-order chi connectivity index (χ0) is 14.5. The lowest BCUT2D eigenvalue weighted by Crippen LogP contribution is -1.96. The van der Waals surface area contributed by atoms with Crippen LogP contribution in [-0.4, -0.2) is 31.3 Å². The molecule has 0 saturated heterocycles. The maximum Gasteiger partial charge on any atom is 0.225 e. The molecule has 0 N–H and O–H groups in total. The quantitative estimate of drug-likeness (QED) is 0.791. The molecule has 0 aliphatic rings. The molecule has 0 radical (unpaired) electrons. The fourth-order valence-corrected chi connectivity index (χ4v) is 1.75. The molecule has 0 spiro atoms. The van der Waals surface area contributed by atoms with Crippen LogP contribution in [0.4, 0.5) is 0 Å². The Hall–Kier alpha value is -2.21. The van der Waals surface area contributed by atoms with Crippen molar-refractivity contribution < 1.29 is 18.9 Å². The Labute approximate surface area is 121 Å². The number of hydrogen-bond acceptors (Lipinski definition) is 6. The number of halogens is 1. The first kappa shape index (κ1) is 14.2. The van der Waals surface area contributed by atoms with Gasteiger partial charge in [-0.1, -0.05) is 0 Å². The van der Waals surface area contributed by atoms with Gasteiger partial charge in [0.05, 0.1) is 21.3 Å². The van der Waals surface area contributed by atoms with Crippen molar-refractivity contribution in [1.29, 1.82) is 0 Å². The second kappa shape index (κ2) is 6.29. The molecule has 0 fully saturated rings. The molecule has 0 aliphatic carbocycles. The summed E-state index contributed by atoms with van der Waals surface area (Å²) < 4.78 is 21.3. The van der Waals surface area contributed by atoms with E-state index in [2.05, 4.69) is 9.97 Å². The van der Waals surface area contributed by atoms with Crippen LogP contribution in [0.3, 0.4) is 0 Å². The molecule has 0 unspecified atom stereocenters. The lowest BCUT2D eigenvalue weighted by molar-refractivity contribution is 0.320. The Balaban J connectivity index is 2.37. The van der Waals surface area contributed by atoms with E-state index in [1.807, 2.05) is 0 Å². The highest BCUT2D eigenvalue weighted by Crippen LogP contribution is 2.41. The van der Waals surface area contributed by atoms with Crippen molar-refractivity contribution in [2.24, 2.45) is 0 Å². The van der Waals surface area contributed by atoms with Crippen molar-refractivity contribution in [2.45, 2.75) is 0 Å². The van der Waals surface area contributed by atoms with E-state index in [9.17, 15) is 0 Å². The zero-order valence-corrected chi connectivity index (χ0v) is 12.0. The van der Waals surface area contributed by atoms with Gasteiger partial charge in [0.1, 0.15) is 5.75 Å². The summed E-state index contributed by atoms with van der Waals surface area (Å²) in [7, 11) is 4.59. The lowest BCUT2D eigenvalue weighted by atomic mass is 10.2. The number of hydrogen-bond donors (Lipinski definition) is 0. The van der Waals surface area contributed by atoms with Gasteiger partial charge in [0.15, 0.2) is 11.5 Å². The van der Waals surface area contributed by atoms with Gasteiger partial charge in [0, 0.05) is 24.4 Å². The van der Waals surface area contributed by atoms with E-state index >= 15 is 0 Å².